The lowest BCUT2D eigenvalue weighted by molar-refractivity contribution is 0.0699. The van der Waals surface area contributed by atoms with Gasteiger partial charge in [0.25, 0.3) is 0 Å². The van der Waals surface area contributed by atoms with Crippen LogP contribution >= 0.6 is 0 Å². The lowest BCUT2D eigenvalue weighted by Crippen LogP contribution is -2.22. The van der Waals surface area contributed by atoms with Crippen LogP contribution in [-0.2, 0) is 4.74 Å². The van der Waals surface area contributed by atoms with E-state index in [2.05, 4.69) is 16.5 Å². The van der Waals surface area contributed by atoms with Crippen LogP contribution in [0.4, 0.5) is 5.69 Å². The molecule has 1 fully saturated rings. The van der Waals surface area contributed by atoms with Gasteiger partial charge in [0.15, 0.2) is 0 Å². The van der Waals surface area contributed by atoms with Crippen molar-refractivity contribution in [1.29, 1.82) is 0 Å². The number of pyridine rings is 1. The fourth-order valence-electron chi connectivity index (χ4n) is 2.28. The fraction of sp³-hybridized carbons (Fsp3) is 0.462. The molecule has 0 unspecified atom stereocenters. The molecule has 2 aromatic rings. The largest absolute Gasteiger partial charge is 0.382 e. The summed E-state index contributed by atoms with van der Waals surface area (Å²) in [6.07, 6.45) is 6.18. The number of nitrogens with one attached hydrogen (secondary N) is 1. The van der Waals surface area contributed by atoms with Crippen LogP contribution in [0.2, 0.25) is 0 Å². The SMILES string of the molecule is c1ccn2ncc(NCC3CCOCC3)c2c1. The van der Waals surface area contributed by atoms with Crippen molar-refractivity contribution in [3.63, 3.8) is 0 Å². The number of rotatable bonds is 3. The lowest BCUT2D eigenvalue weighted by atomic mass is 10.0. The number of anilines is 1. The van der Waals surface area contributed by atoms with E-state index in [1.54, 1.807) is 0 Å². The number of hydrogen-bond donors (Lipinski definition) is 1. The number of aromatic nitrogens is 2. The van der Waals surface area contributed by atoms with E-state index in [0.717, 1.165) is 49.7 Å². The van der Waals surface area contributed by atoms with Crippen LogP contribution in [0.15, 0.2) is 30.6 Å². The summed E-state index contributed by atoms with van der Waals surface area (Å²) in [4.78, 5) is 0. The van der Waals surface area contributed by atoms with Crippen molar-refractivity contribution >= 4 is 11.2 Å². The van der Waals surface area contributed by atoms with Gasteiger partial charge in [0.05, 0.1) is 17.4 Å². The second kappa shape index (κ2) is 4.75. The van der Waals surface area contributed by atoms with E-state index in [1.807, 2.05) is 29.0 Å². The molecule has 4 heteroatoms. The maximum atomic E-state index is 5.36. The maximum absolute atomic E-state index is 5.36. The first-order valence-electron chi connectivity index (χ1n) is 6.17. The highest BCUT2D eigenvalue weighted by Gasteiger charge is 2.14. The molecule has 4 nitrogen and oxygen atoms in total. The van der Waals surface area contributed by atoms with Gasteiger partial charge in [0, 0.05) is 26.0 Å². The molecular formula is C13H17N3O. The summed E-state index contributed by atoms with van der Waals surface area (Å²) in [7, 11) is 0. The van der Waals surface area contributed by atoms with Gasteiger partial charge >= 0.3 is 0 Å². The molecule has 1 saturated heterocycles. The second-order valence-electron chi connectivity index (χ2n) is 4.53. The highest BCUT2D eigenvalue weighted by Crippen LogP contribution is 2.19. The smallest absolute Gasteiger partial charge is 0.0893 e. The molecule has 1 aliphatic heterocycles. The van der Waals surface area contributed by atoms with Gasteiger partial charge in [-0.25, -0.2) is 4.52 Å². The first kappa shape index (κ1) is 10.6. The maximum Gasteiger partial charge on any atom is 0.0893 e. The quantitative estimate of drug-likeness (QED) is 0.880. The summed E-state index contributed by atoms with van der Waals surface area (Å²) in [6.45, 7) is 2.82. The highest BCUT2D eigenvalue weighted by molar-refractivity contribution is 5.70. The number of nitrogens with zero attached hydrogens (tertiary/aromatic N) is 2. The molecular weight excluding hydrogens is 214 g/mol. The van der Waals surface area contributed by atoms with Gasteiger partial charge in [-0.2, -0.15) is 5.10 Å². The Labute approximate surface area is 101 Å². The number of ether oxygens (including phenoxy) is 1. The number of fused-ring (bicyclic) bond motifs is 1. The van der Waals surface area contributed by atoms with Gasteiger partial charge in [-0.15, -0.1) is 0 Å². The van der Waals surface area contributed by atoms with Crippen LogP contribution in [0.1, 0.15) is 12.8 Å². The van der Waals surface area contributed by atoms with Crippen LogP contribution in [0.25, 0.3) is 5.52 Å². The molecule has 0 bridgehead atoms. The van der Waals surface area contributed by atoms with Gasteiger partial charge in [0.1, 0.15) is 0 Å². The zero-order chi connectivity index (χ0) is 11.5. The van der Waals surface area contributed by atoms with Crippen LogP contribution in [0.5, 0.6) is 0 Å². The predicted molar refractivity (Wildman–Crippen MR) is 67.2 cm³/mol. The van der Waals surface area contributed by atoms with E-state index in [0.29, 0.717) is 0 Å². The van der Waals surface area contributed by atoms with Crippen molar-refractivity contribution < 1.29 is 4.74 Å². The molecule has 0 atom stereocenters. The minimum absolute atomic E-state index is 0.724. The highest BCUT2D eigenvalue weighted by atomic mass is 16.5. The van der Waals surface area contributed by atoms with E-state index in [9.17, 15) is 0 Å². The van der Waals surface area contributed by atoms with Crippen molar-refractivity contribution in [2.24, 2.45) is 5.92 Å². The van der Waals surface area contributed by atoms with E-state index < -0.39 is 0 Å². The fourth-order valence-corrected chi connectivity index (χ4v) is 2.28. The van der Waals surface area contributed by atoms with Gasteiger partial charge in [0.2, 0.25) is 0 Å². The Kier molecular flexibility index (Phi) is 2.96. The topological polar surface area (TPSA) is 38.6 Å². The van der Waals surface area contributed by atoms with Crippen LogP contribution in [0, 0.1) is 5.92 Å². The van der Waals surface area contributed by atoms with Gasteiger partial charge < -0.3 is 10.1 Å². The monoisotopic (exact) mass is 231 g/mol. The van der Waals surface area contributed by atoms with Crippen LogP contribution < -0.4 is 5.32 Å². The average molecular weight is 231 g/mol. The summed E-state index contributed by atoms with van der Waals surface area (Å²) in [5, 5.41) is 7.81. The van der Waals surface area contributed by atoms with Crippen molar-refractivity contribution in [3.8, 4) is 0 Å². The molecule has 17 heavy (non-hydrogen) atoms. The summed E-state index contributed by atoms with van der Waals surface area (Å²) in [5.41, 5.74) is 2.26. The van der Waals surface area contributed by atoms with Crippen molar-refractivity contribution in [3.05, 3.63) is 30.6 Å². The van der Waals surface area contributed by atoms with E-state index in [1.165, 1.54) is 0 Å². The summed E-state index contributed by atoms with van der Waals surface area (Å²) in [5.74, 6) is 0.724. The van der Waals surface area contributed by atoms with Crippen molar-refractivity contribution in [2.45, 2.75) is 12.8 Å². The Morgan fingerprint density at radius 2 is 2.24 bits per heavy atom. The first-order valence-corrected chi connectivity index (χ1v) is 6.17. The predicted octanol–water partition coefficient (Wildman–Crippen LogP) is 2.17. The van der Waals surface area contributed by atoms with E-state index in [4.69, 9.17) is 4.74 Å². The Morgan fingerprint density at radius 3 is 3.12 bits per heavy atom. The Bertz CT molecular complexity index is 488. The molecule has 1 aliphatic rings. The molecule has 3 heterocycles. The molecule has 0 saturated carbocycles. The Hall–Kier alpha value is -1.55. The average Bonchev–Trinajstić information content (AvgIpc) is 2.81. The van der Waals surface area contributed by atoms with Crippen LogP contribution in [0.3, 0.4) is 0 Å². The molecule has 0 aliphatic carbocycles. The normalized spacial score (nSPS) is 17.4. The molecule has 0 radical (unpaired) electrons. The van der Waals surface area contributed by atoms with Crippen molar-refractivity contribution in [1.82, 2.24) is 9.61 Å². The zero-order valence-corrected chi connectivity index (χ0v) is 9.80. The Morgan fingerprint density at radius 1 is 1.35 bits per heavy atom. The Balaban J connectivity index is 1.68. The van der Waals surface area contributed by atoms with E-state index in [-0.39, 0.29) is 0 Å². The van der Waals surface area contributed by atoms with E-state index >= 15 is 0 Å². The molecule has 0 amide bonds. The van der Waals surface area contributed by atoms with Crippen LogP contribution in [-0.4, -0.2) is 29.4 Å². The molecule has 0 spiro atoms. The zero-order valence-electron chi connectivity index (χ0n) is 9.80. The summed E-state index contributed by atoms with van der Waals surface area (Å²) >= 11 is 0. The minimum Gasteiger partial charge on any atom is -0.382 e. The third-order valence-corrected chi connectivity index (χ3v) is 3.35. The minimum atomic E-state index is 0.724. The first-order chi connectivity index (χ1) is 8.43. The van der Waals surface area contributed by atoms with Gasteiger partial charge in [-0.05, 0) is 30.9 Å². The summed E-state index contributed by atoms with van der Waals surface area (Å²) < 4.78 is 7.26. The molecule has 1 N–H and O–H groups in total. The molecule has 2 aromatic heterocycles. The second-order valence-corrected chi connectivity index (χ2v) is 4.53. The third kappa shape index (κ3) is 2.26. The van der Waals surface area contributed by atoms with Gasteiger partial charge in [-0.1, -0.05) is 6.07 Å². The molecule has 90 valence electrons. The lowest BCUT2D eigenvalue weighted by Gasteiger charge is -2.22. The van der Waals surface area contributed by atoms with Gasteiger partial charge in [-0.3, -0.25) is 0 Å². The third-order valence-electron chi connectivity index (χ3n) is 3.35. The molecule has 0 aromatic carbocycles. The standard InChI is InChI=1S/C13H17N3O/c1-2-6-16-13(3-1)12(10-15-16)14-9-11-4-7-17-8-5-11/h1-3,6,10-11,14H,4-5,7-9H2. The van der Waals surface area contributed by atoms with Crippen molar-refractivity contribution in [2.75, 3.05) is 25.1 Å². The number of hydrogen-bond acceptors (Lipinski definition) is 3. The molecule has 3 rings (SSSR count). The summed E-state index contributed by atoms with van der Waals surface area (Å²) in [6, 6.07) is 6.11.